The Bertz CT molecular complexity index is 944. The number of ether oxygens (including phenoxy) is 3. The molecule has 1 atom stereocenters. The molecule has 0 bridgehead atoms. The van der Waals surface area contributed by atoms with Gasteiger partial charge in [0.1, 0.15) is 5.84 Å². The van der Waals surface area contributed by atoms with Gasteiger partial charge in [-0.05, 0) is 37.8 Å². The Kier molecular flexibility index (Phi) is 8.53. The van der Waals surface area contributed by atoms with Crippen molar-refractivity contribution >= 4 is 17.6 Å². The number of nitrogens with zero attached hydrogens (tertiary/aromatic N) is 3. The summed E-state index contributed by atoms with van der Waals surface area (Å²) in [4.78, 5) is 12.7. The van der Waals surface area contributed by atoms with Crippen molar-refractivity contribution in [1.29, 1.82) is 0 Å². The second-order valence-electron chi connectivity index (χ2n) is 8.93. The number of aliphatic imine (C=N–C) groups is 1. The van der Waals surface area contributed by atoms with Crippen molar-refractivity contribution < 1.29 is 14.2 Å². The number of benzene rings is 1. The van der Waals surface area contributed by atoms with Gasteiger partial charge in [-0.3, -0.25) is 4.90 Å². The Morgan fingerprint density at radius 1 is 1.06 bits per heavy atom. The first-order valence-electron chi connectivity index (χ1n) is 12.6. The summed E-state index contributed by atoms with van der Waals surface area (Å²) in [7, 11) is 0. The molecule has 7 heteroatoms. The van der Waals surface area contributed by atoms with Crippen molar-refractivity contribution in [2.45, 2.75) is 36.9 Å². The van der Waals surface area contributed by atoms with Crippen LogP contribution in [0.25, 0.3) is 0 Å². The van der Waals surface area contributed by atoms with Crippen LogP contribution in [0.5, 0.6) is 0 Å². The van der Waals surface area contributed by atoms with Gasteiger partial charge in [0.2, 0.25) is 0 Å². The molecule has 0 saturated carbocycles. The van der Waals surface area contributed by atoms with Gasteiger partial charge >= 0.3 is 0 Å². The SMILES string of the molecule is C1=CCC=C2Sc3ccccc3C(N3CCN(CCOCCOC4CCCCO4)CC3)=NC2=C1. The van der Waals surface area contributed by atoms with E-state index in [4.69, 9.17) is 19.2 Å². The second kappa shape index (κ2) is 12.2. The summed E-state index contributed by atoms with van der Waals surface area (Å²) < 4.78 is 17.2. The summed E-state index contributed by atoms with van der Waals surface area (Å²) in [6.45, 7) is 7.74. The summed E-state index contributed by atoms with van der Waals surface area (Å²) >= 11 is 1.84. The van der Waals surface area contributed by atoms with Gasteiger partial charge in [0, 0.05) is 54.7 Å². The average molecular weight is 482 g/mol. The highest BCUT2D eigenvalue weighted by molar-refractivity contribution is 8.03. The highest BCUT2D eigenvalue weighted by atomic mass is 32.2. The molecule has 34 heavy (non-hydrogen) atoms. The fourth-order valence-corrected chi connectivity index (χ4v) is 5.67. The summed E-state index contributed by atoms with van der Waals surface area (Å²) in [5, 5.41) is 0. The monoisotopic (exact) mass is 481 g/mol. The zero-order valence-corrected chi connectivity index (χ0v) is 20.7. The molecule has 1 aromatic rings. The van der Waals surface area contributed by atoms with Crippen LogP contribution in [0.1, 0.15) is 31.2 Å². The molecule has 3 aliphatic heterocycles. The molecule has 2 fully saturated rings. The van der Waals surface area contributed by atoms with E-state index in [0.717, 1.165) is 76.7 Å². The topological polar surface area (TPSA) is 46.5 Å². The molecule has 0 radical (unpaired) electrons. The Balaban J connectivity index is 1.11. The maximum absolute atomic E-state index is 5.82. The zero-order chi connectivity index (χ0) is 23.0. The number of amidine groups is 1. The Morgan fingerprint density at radius 3 is 2.85 bits per heavy atom. The van der Waals surface area contributed by atoms with Crippen molar-refractivity contribution in [3.05, 3.63) is 64.7 Å². The third-order valence-electron chi connectivity index (χ3n) is 6.55. The Labute approximate surface area is 207 Å². The van der Waals surface area contributed by atoms with E-state index in [9.17, 15) is 0 Å². The molecule has 2 saturated heterocycles. The van der Waals surface area contributed by atoms with Crippen LogP contribution in [-0.2, 0) is 14.2 Å². The van der Waals surface area contributed by atoms with E-state index in [2.05, 4.69) is 58.4 Å². The number of piperazine rings is 1. The summed E-state index contributed by atoms with van der Waals surface area (Å²) in [5.41, 5.74) is 2.31. The quantitative estimate of drug-likeness (QED) is 0.537. The largest absolute Gasteiger partial charge is 0.378 e. The number of thioether (sulfide) groups is 1. The smallest absolute Gasteiger partial charge is 0.157 e. The molecule has 4 aliphatic rings. The van der Waals surface area contributed by atoms with Crippen LogP contribution in [0.3, 0.4) is 0 Å². The van der Waals surface area contributed by atoms with Gasteiger partial charge in [-0.2, -0.15) is 0 Å². The fraction of sp³-hybridized carbons (Fsp3) is 0.519. The van der Waals surface area contributed by atoms with Gasteiger partial charge in [-0.1, -0.05) is 48.2 Å². The predicted octanol–water partition coefficient (Wildman–Crippen LogP) is 4.44. The molecule has 6 nitrogen and oxygen atoms in total. The molecular weight excluding hydrogens is 446 g/mol. The fourth-order valence-electron chi connectivity index (χ4n) is 4.62. The molecule has 0 aromatic heterocycles. The summed E-state index contributed by atoms with van der Waals surface area (Å²) in [6.07, 6.45) is 13.0. The first-order chi connectivity index (χ1) is 16.9. The molecular formula is C27H35N3O3S. The van der Waals surface area contributed by atoms with Crippen molar-refractivity contribution in [1.82, 2.24) is 9.80 Å². The van der Waals surface area contributed by atoms with E-state index in [-0.39, 0.29) is 6.29 Å². The van der Waals surface area contributed by atoms with Crippen LogP contribution >= 0.6 is 11.8 Å². The van der Waals surface area contributed by atoms with Gasteiger partial charge in [-0.15, -0.1) is 0 Å². The lowest BCUT2D eigenvalue weighted by molar-refractivity contribution is -0.169. The number of hydrogen-bond acceptors (Lipinski definition) is 7. The number of hydrogen-bond donors (Lipinski definition) is 0. The maximum Gasteiger partial charge on any atom is 0.157 e. The Hall–Kier alpha value is -1.90. The molecule has 0 spiro atoms. The van der Waals surface area contributed by atoms with E-state index in [1.807, 2.05) is 11.8 Å². The van der Waals surface area contributed by atoms with Gasteiger partial charge in [-0.25, -0.2) is 4.99 Å². The van der Waals surface area contributed by atoms with Crippen molar-refractivity contribution in [3.8, 4) is 0 Å². The van der Waals surface area contributed by atoms with Gasteiger partial charge in [0.15, 0.2) is 6.29 Å². The first kappa shape index (κ1) is 23.8. The molecule has 182 valence electrons. The van der Waals surface area contributed by atoms with Crippen molar-refractivity contribution in [2.75, 3.05) is 59.2 Å². The highest BCUT2D eigenvalue weighted by Crippen LogP contribution is 2.39. The van der Waals surface area contributed by atoms with Crippen LogP contribution < -0.4 is 0 Å². The average Bonchev–Trinajstić information content (AvgIpc) is 3.19. The minimum absolute atomic E-state index is 0.0304. The van der Waals surface area contributed by atoms with Crippen LogP contribution in [0.15, 0.2) is 69.1 Å². The lowest BCUT2D eigenvalue weighted by Gasteiger charge is -2.36. The third kappa shape index (κ3) is 6.20. The number of fused-ring (bicyclic) bond motifs is 2. The van der Waals surface area contributed by atoms with E-state index in [0.29, 0.717) is 13.2 Å². The molecule has 3 heterocycles. The summed E-state index contributed by atoms with van der Waals surface area (Å²) in [6, 6.07) is 8.68. The molecule has 1 unspecified atom stereocenters. The predicted molar refractivity (Wildman–Crippen MR) is 137 cm³/mol. The first-order valence-corrected chi connectivity index (χ1v) is 13.4. The minimum Gasteiger partial charge on any atom is -0.378 e. The molecule has 0 amide bonds. The zero-order valence-electron chi connectivity index (χ0n) is 19.9. The Morgan fingerprint density at radius 2 is 1.97 bits per heavy atom. The van der Waals surface area contributed by atoms with E-state index in [1.54, 1.807) is 0 Å². The maximum atomic E-state index is 5.82. The van der Waals surface area contributed by atoms with Gasteiger partial charge in [0.05, 0.1) is 25.5 Å². The van der Waals surface area contributed by atoms with Crippen LogP contribution in [0.2, 0.25) is 0 Å². The standard InChI is InChI=1S/C27H35N3O3S/c1-2-9-23-25(11-3-1)34-24-10-5-4-8-22(24)27(28-23)30-15-13-29(14-16-30)17-19-31-20-21-33-26-12-6-7-18-32-26/h1-2,4-5,8-11,26H,3,6-7,12-21H2. The van der Waals surface area contributed by atoms with Crippen molar-refractivity contribution in [2.24, 2.45) is 4.99 Å². The van der Waals surface area contributed by atoms with Crippen molar-refractivity contribution in [3.63, 3.8) is 0 Å². The molecule has 1 aromatic carbocycles. The normalized spacial score (nSPS) is 23.2. The summed E-state index contributed by atoms with van der Waals surface area (Å²) in [5.74, 6) is 1.10. The van der Waals surface area contributed by atoms with Gasteiger partial charge in [0.25, 0.3) is 0 Å². The third-order valence-corrected chi connectivity index (χ3v) is 7.72. The molecule has 5 rings (SSSR count). The second-order valence-corrected chi connectivity index (χ2v) is 10.0. The van der Waals surface area contributed by atoms with Crippen LogP contribution in [0, 0.1) is 0 Å². The lowest BCUT2D eigenvalue weighted by Crippen LogP contribution is -2.49. The van der Waals surface area contributed by atoms with Crippen LogP contribution in [-0.4, -0.2) is 81.1 Å². The minimum atomic E-state index is -0.0304. The molecule has 1 aliphatic carbocycles. The molecule has 0 N–H and O–H groups in total. The lowest BCUT2D eigenvalue weighted by atomic mass is 10.1. The van der Waals surface area contributed by atoms with E-state index >= 15 is 0 Å². The van der Waals surface area contributed by atoms with Gasteiger partial charge < -0.3 is 19.1 Å². The van der Waals surface area contributed by atoms with E-state index < -0.39 is 0 Å². The number of rotatable bonds is 7. The number of allylic oxidation sites excluding steroid dienone is 4. The van der Waals surface area contributed by atoms with Crippen LogP contribution in [0.4, 0.5) is 0 Å². The highest BCUT2D eigenvalue weighted by Gasteiger charge is 2.26. The van der Waals surface area contributed by atoms with E-state index in [1.165, 1.54) is 21.8 Å².